The van der Waals surface area contributed by atoms with E-state index in [4.69, 9.17) is 4.74 Å². The van der Waals surface area contributed by atoms with Crippen molar-refractivity contribution >= 4 is 23.6 Å². The molecular weight excluding hydrogens is 478 g/mol. The number of alkyl carbamates (subject to hydrolysis) is 1. The molecule has 1 atom stereocenters. The number of unbranched alkanes of at least 4 members (excludes halogenated alkanes) is 3. The molecular formula is C31H45N3O4. The van der Waals surface area contributed by atoms with Gasteiger partial charge in [0.05, 0.1) is 0 Å². The highest BCUT2D eigenvalue weighted by Gasteiger charge is 2.33. The summed E-state index contributed by atoms with van der Waals surface area (Å²) in [6.07, 6.45) is 3.13. The minimum atomic E-state index is -0.858. The normalized spacial score (nSPS) is 12.0. The Morgan fingerprint density at radius 3 is 2.18 bits per heavy atom. The molecule has 3 amide bonds. The molecule has 2 aromatic rings. The van der Waals surface area contributed by atoms with Gasteiger partial charge in [0.1, 0.15) is 18.2 Å². The molecule has 0 radical (unpaired) electrons. The summed E-state index contributed by atoms with van der Waals surface area (Å²) in [5, 5.41) is 5.69. The third kappa shape index (κ3) is 9.19. The summed E-state index contributed by atoms with van der Waals surface area (Å²) >= 11 is 0. The number of hydrogen-bond acceptors (Lipinski definition) is 4. The van der Waals surface area contributed by atoms with Crippen LogP contribution in [0.25, 0.3) is 0 Å². The molecule has 0 bridgehead atoms. The van der Waals surface area contributed by atoms with Crippen LogP contribution in [-0.4, -0.2) is 41.5 Å². The van der Waals surface area contributed by atoms with Gasteiger partial charge in [-0.2, -0.15) is 0 Å². The summed E-state index contributed by atoms with van der Waals surface area (Å²) in [5.41, 5.74) is 4.66. The van der Waals surface area contributed by atoms with Crippen LogP contribution >= 0.6 is 0 Å². The van der Waals surface area contributed by atoms with Gasteiger partial charge in [-0.3, -0.25) is 9.59 Å². The fraction of sp³-hybridized carbons (Fsp3) is 0.516. The minimum absolute atomic E-state index is 0.263. The second-order valence-corrected chi connectivity index (χ2v) is 11.0. The van der Waals surface area contributed by atoms with Crippen molar-refractivity contribution in [2.75, 3.05) is 18.4 Å². The minimum Gasteiger partial charge on any atom is -0.444 e. The first-order valence-corrected chi connectivity index (χ1v) is 13.5. The number of carbonyl (C=O) groups is 3. The summed E-state index contributed by atoms with van der Waals surface area (Å²) in [4.78, 5) is 41.6. The average Bonchev–Trinajstić information content (AvgIpc) is 2.82. The van der Waals surface area contributed by atoms with E-state index in [2.05, 4.69) is 17.6 Å². The second-order valence-electron chi connectivity index (χ2n) is 11.0. The van der Waals surface area contributed by atoms with Crippen LogP contribution in [0.1, 0.15) is 87.2 Å². The molecule has 208 valence electrons. The van der Waals surface area contributed by atoms with Crippen molar-refractivity contribution in [3.05, 3.63) is 64.2 Å². The Kier molecular flexibility index (Phi) is 11.4. The van der Waals surface area contributed by atoms with Gasteiger partial charge in [-0.25, -0.2) is 4.79 Å². The van der Waals surface area contributed by atoms with E-state index in [0.29, 0.717) is 6.54 Å². The van der Waals surface area contributed by atoms with E-state index < -0.39 is 17.7 Å². The number of ether oxygens (including phenoxy) is 1. The second kappa shape index (κ2) is 14.0. The molecule has 2 rings (SSSR count). The molecule has 0 aromatic heterocycles. The van der Waals surface area contributed by atoms with Crippen molar-refractivity contribution in [1.82, 2.24) is 10.2 Å². The monoisotopic (exact) mass is 523 g/mol. The molecule has 7 nitrogen and oxygen atoms in total. The maximum absolute atomic E-state index is 14.0. The molecule has 0 saturated carbocycles. The van der Waals surface area contributed by atoms with Crippen LogP contribution in [0.15, 0.2) is 36.4 Å². The molecule has 2 N–H and O–H groups in total. The van der Waals surface area contributed by atoms with Gasteiger partial charge in [-0.05, 0) is 77.1 Å². The number of rotatable bonds is 11. The third-order valence-electron chi connectivity index (χ3n) is 6.37. The topological polar surface area (TPSA) is 87.7 Å². The van der Waals surface area contributed by atoms with Crippen molar-refractivity contribution in [1.29, 1.82) is 0 Å². The zero-order valence-electron chi connectivity index (χ0n) is 24.4. The largest absolute Gasteiger partial charge is 0.444 e. The molecule has 0 aliphatic rings. The molecule has 0 spiro atoms. The molecule has 0 saturated heterocycles. The number of nitrogens with zero attached hydrogens (tertiary/aromatic N) is 1. The molecule has 0 aliphatic carbocycles. The lowest BCUT2D eigenvalue weighted by Crippen LogP contribution is -2.47. The van der Waals surface area contributed by atoms with E-state index in [1.165, 1.54) is 0 Å². The third-order valence-corrected chi connectivity index (χ3v) is 6.37. The van der Waals surface area contributed by atoms with Crippen molar-refractivity contribution < 1.29 is 19.1 Å². The SMILES string of the molecule is CCCCCCN(C(=O)CNC(=O)OC(C)(C)C)C(C(=O)Nc1c(C)cccc1C)c1cc(C)ccc1C. The van der Waals surface area contributed by atoms with Gasteiger partial charge in [-0.1, -0.05) is 68.1 Å². The molecule has 7 heteroatoms. The van der Waals surface area contributed by atoms with Gasteiger partial charge < -0.3 is 20.3 Å². The maximum atomic E-state index is 14.0. The first-order valence-electron chi connectivity index (χ1n) is 13.5. The van der Waals surface area contributed by atoms with E-state index in [1.807, 2.05) is 64.1 Å². The number of anilines is 1. The molecule has 0 heterocycles. The van der Waals surface area contributed by atoms with Gasteiger partial charge in [0.15, 0.2) is 0 Å². The van der Waals surface area contributed by atoms with E-state index >= 15 is 0 Å². The molecule has 0 aliphatic heterocycles. The van der Waals surface area contributed by atoms with Crippen LogP contribution in [0.3, 0.4) is 0 Å². The lowest BCUT2D eigenvalue weighted by atomic mass is 9.96. The maximum Gasteiger partial charge on any atom is 0.408 e. The average molecular weight is 524 g/mol. The smallest absolute Gasteiger partial charge is 0.408 e. The number of carbonyl (C=O) groups excluding carboxylic acids is 3. The predicted octanol–water partition coefficient (Wildman–Crippen LogP) is 6.53. The van der Waals surface area contributed by atoms with Crippen molar-refractivity contribution in [2.45, 2.75) is 92.7 Å². The Morgan fingerprint density at radius 1 is 0.921 bits per heavy atom. The van der Waals surface area contributed by atoms with Gasteiger partial charge in [0.25, 0.3) is 5.91 Å². The highest BCUT2D eigenvalue weighted by Crippen LogP contribution is 2.29. The van der Waals surface area contributed by atoms with Crippen LogP contribution in [0.4, 0.5) is 10.5 Å². The fourth-order valence-electron chi connectivity index (χ4n) is 4.38. The van der Waals surface area contributed by atoms with E-state index in [9.17, 15) is 14.4 Å². The van der Waals surface area contributed by atoms with Gasteiger partial charge in [0.2, 0.25) is 5.91 Å². The highest BCUT2D eigenvalue weighted by atomic mass is 16.6. The number of aryl methyl sites for hydroxylation is 4. The molecule has 0 fully saturated rings. The Balaban J connectivity index is 2.47. The van der Waals surface area contributed by atoms with Crippen molar-refractivity contribution in [3.63, 3.8) is 0 Å². The summed E-state index contributed by atoms with van der Waals surface area (Å²) in [6, 6.07) is 10.9. The van der Waals surface area contributed by atoms with Gasteiger partial charge >= 0.3 is 6.09 Å². The lowest BCUT2D eigenvalue weighted by Gasteiger charge is -2.33. The van der Waals surface area contributed by atoms with E-state index in [1.54, 1.807) is 25.7 Å². The van der Waals surface area contributed by atoms with E-state index in [-0.39, 0.29) is 18.4 Å². The Morgan fingerprint density at radius 2 is 1.58 bits per heavy atom. The number of para-hydroxylation sites is 1. The fourth-order valence-corrected chi connectivity index (χ4v) is 4.38. The van der Waals surface area contributed by atoms with Crippen LogP contribution in [0.5, 0.6) is 0 Å². The highest BCUT2D eigenvalue weighted by molar-refractivity contribution is 5.99. The zero-order chi connectivity index (χ0) is 28.5. The lowest BCUT2D eigenvalue weighted by molar-refractivity contribution is -0.138. The predicted molar refractivity (Wildman–Crippen MR) is 153 cm³/mol. The van der Waals surface area contributed by atoms with E-state index in [0.717, 1.165) is 59.2 Å². The number of hydrogen-bond donors (Lipinski definition) is 2. The standard InChI is InChI=1S/C31H45N3O4/c1-9-10-11-12-18-34(26(35)20-32-30(37)38-31(6,7)8)28(25-19-21(2)16-17-22(25)3)29(36)33-27-23(4)14-13-15-24(27)5/h13-17,19,28H,9-12,18,20H2,1-8H3,(H,32,37)(H,33,36). The summed E-state index contributed by atoms with van der Waals surface area (Å²) in [7, 11) is 0. The van der Waals surface area contributed by atoms with Crippen LogP contribution in [0, 0.1) is 27.7 Å². The molecule has 2 aromatic carbocycles. The van der Waals surface area contributed by atoms with Gasteiger partial charge in [-0.15, -0.1) is 0 Å². The van der Waals surface area contributed by atoms with Gasteiger partial charge in [0, 0.05) is 12.2 Å². The van der Waals surface area contributed by atoms with Crippen LogP contribution in [-0.2, 0) is 14.3 Å². The number of nitrogens with one attached hydrogen (secondary N) is 2. The summed E-state index contributed by atoms with van der Waals surface area (Å²) in [6.45, 7) is 15.4. The van der Waals surface area contributed by atoms with Crippen molar-refractivity contribution in [3.8, 4) is 0 Å². The van der Waals surface area contributed by atoms with Crippen molar-refractivity contribution in [2.24, 2.45) is 0 Å². The number of benzene rings is 2. The van der Waals surface area contributed by atoms with Crippen LogP contribution < -0.4 is 10.6 Å². The first kappa shape index (κ1) is 30.9. The Labute approximate surface area is 228 Å². The zero-order valence-corrected chi connectivity index (χ0v) is 24.4. The molecule has 38 heavy (non-hydrogen) atoms. The Bertz CT molecular complexity index is 1100. The summed E-state index contributed by atoms with van der Waals surface area (Å²) < 4.78 is 5.31. The number of amides is 3. The molecule has 1 unspecified atom stereocenters. The summed E-state index contributed by atoms with van der Waals surface area (Å²) in [5.74, 6) is -0.618. The van der Waals surface area contributed by atoms with Crippen LogP contribution in [0.2, 0.25) is 0 Å². The first-order chi connectivity index (χ1) is 17.8. The Hall–Kier alpha value is -3.35. The quantitative estimate of drug-likeness (QED) is 0.328.